The summed E-state index contributed by atoms with van der Waals surface area (Å²) in [6.07, 6.45) is 1.08. The topological polar surface area (TPSA) is 86.8 Å². The van der Waals surface area contributed by atoms with Gasteiger partial charge in [0.05, 0.1) is 15.6 Å². The molecule has 38 heavy (non-hydrogen) atoms. The van der Waals surface area contributed by atoms with Crippen molar-refractivity contribution < 1.29 is 18.0 Å². The predicted octanol–water partition coefficient (Wildman–Crippen LogP) is 5.52. The van der Waals surface area contributed by atoms with E-state index in [1.54, 1.807) is 66.7 Å². The van der Waals surface area contributed by atoms with Gasteiger partial charge in [0.1, 0.15) is 12.6 Å². The summed E-state index contributed by atoms with van der Waals surface area (Å²) >= 11 is 12.4. The summed E-state index contributed by atoms with van der Waals surface area (Å²) < 4.78 is 28.5. The van der Waals surface area contributed by atoms with Crippen LogP contribution in [0.5, 0.6) is 0 Å². The molecule has 3 rings (SSSR count). The lowest BCUT2D eigenvalue weighted by Gasteiger charge is -2.33. The molecular weight excluding hydrogens is 545 g/mol. The molecule has 0 saturated carbocycles. The van der Waals surface area contributed by atoms with Gasteiger partial charge in [-0.05, 0) is 54.8 Å². The highest BCUT2D eigenvalue weighted by Crippen LogP contribution is 2.30. The molecule has 7 nitrogen and oxygen atoms in total. The fraction of sp³-hybridized carbons (Fsp3) is 0.286. The molecule has 0 radical (unpaired) electrons. The number of nitrogens with zero attached hydrogens (tertiary/aromatic N) is 2. The van der Waals surface area contributed by atoms with E-state index in [1.807, 2.05) is 13.8 Å². The lowest BCUT2D eigenvalue weighted by Crippen LogP contribution is -2.52. The average molecular weight is 577 g/mol. The Hall–Kier alpha value is -3.07. The molecule has 0 saturated heterocycles. The Balaban J connectivity index is 2.04. The van der Waals surface area contributed by atoms with E-state index in [2.05, 4.69) is 5.32 Å². The minimum atomic E-state index is -4.17. The molecule has 202 valence electrons. The molecule has 1 N–H and O–H groups in total. The third-order valence-electron chi connectivity index (χ3n) is 5.93. The summed E-state index contributed by atoms with van der Waals surface area (Å²) in [5, 5.41) is 3.57. The summed E-state index contributed by atoms with van der Waals surface area (Å²) in [6.45, 7) is 3.76. The predicted molar refractivity (Wildman–Crippen MR) is 152 cm³/mol. The molecule has 0 heterocycles. The number of hydrogen-bond acceptors (Lipinski definition) is 4. The third kappa shape index (κ3) is 7.28. The van der Waals surface area contributed by atoms with Crippen molar-refractivity contribution in [3.8, 4) is 0 Å². The Morgan fingerprint density at radius 1 is 0.895 bits per heavy atom. The molecule has 0 aromatic heterocycles. The molecule has 0 spiro atoms. The Kier molecular flexibility index (Phi) is 10.6. The summed E-state index contributed by atoms with van der Waals surface area (Å²) in [6, 6.07) is 20.4. The Bertz CT molecular complexity index is 1340. The smallest absolute Gasteiger partial charge is 0.264 e. The summed E-state index contributed by atoms with van der Waals surface area (Å²) in [5.41, 5.74) is 0.918. The number of sulfonamides is 1. The largest absolute Gasteiger partial charge is 0.354 e. The van der Waals surface area contributed by atoms with E-state index in [9.17, 15) is 18.0 Å². The number of amides is 2. The molecule has 3 aromatic rings. The summed E-state index contributed by atoms with van der Waals surface area (Å²) in [7, 11) is -4.17. The maximum Gasteiger partial charge on any atom is 0.264 e. The highest BCUT2D eigenvalue weighted by molar-refractivity contribution is 7.92. The number of anilines is 1. The van der Waals surface area contributed by atoms with Gasteiger partial charge in [-0.15, -0.1) is 0 Å². The van der Waals surface area contributed by atoms with Gasteiger partial charge < -0.3 is 10.2 Å². The number of benzene rings is 3. The maximum atomic E-state index is 13.9. The van der Waals surface area contributed by atoms with Crippen LogP contribution in [-0.4, -0.2) is 44.3 Å². The molecule has 0 aliphatic rings. The minimum Gasteiger partial charge on any atom is -0.354 e. The van der Waals surface area contributed by atoms with E-state index >= 15 is 0 Å². The first-order valence-electron chi connectivity index (χ1n) is 12.3. The average Bonchev–Trinajstić information content (AvgIpc) is 2.92. The first-order chi connectivity index (χ1) is 18.2. The second kappa shape index (κ2) is 13.6. The van der Waals surface area contributed by atoms with Crippen LogP contribution in [0, 0.1) is 0 Å². The van der Waals surface area contributed by atoms with Gasteiger partial charge in [-0.2, -0.15) is 0 Å². The maximum absolute atomic E-state index is 13.9. The second-order valence-corrected chi connectivity index (χ2v) is 11.3. The van der Waals surface area contributed by atoms with E-state index in [1.165, 1.54) is 17.0 Å². The molecule has 0 fully saturated rings. The lowest BCUT2D eigenvalue weighted by atomic mass is 10.1. The van der Waals surface area contributed by atoms with Crippen molar-refractivity contribution in [1.82, 2.24) is 10.2 Å². The SMILES string of the molecule is CCCNC(=O)C(CC)N(Cc1ccc(Cl)cc1)C(=O)CN(c1ccccc1Cl)S(=O)(=O)c1ccccc1. The molecule has 1 unspecified atom stereocenters. The molecule has 1 atom stereocenters. The van der Waals surface area contributed by atoms with Crippen LogP contribution in [-0.2, 0) is 26.2 Å². The van der Waals surface area contributed by atoms with Gasteiger partial charge in [0.25, 0.3) is 10.0 Å². The number of para-hydroxylation sites is 1. The van der Waals surface area contributed by atoms with Crippen molar-refractivity contribution in [2.75, 3.05) is 17.4 Å². The third-order valence-corrected chi connectivity index (χ3v) is 8.28. The molecule has 2 amide bonds. The number of carbonyl (C=O) groups excluding carboxylic acids is 2. The first-order valence-corrected chi connectivity index (χ1v) is 14.5. The fourth-order valence-corrected chi connectivity index (χ4v) is 5.83. The number of halogens is 2. The Morgan fingerprint density at radius 2 is 1.53 bits per heavy atom. The van der Waals surface area contributed by atoms with Crippen LogP contribution in [0.25, 0.3) is 0 Å². The minimum absolute atomic E-state index is 0.0182. The lowest BCUT2D eigenvalue weighted by molar-refractivity contribution is -0.140. The second-order valence-electron chi connectivity index (χ2n) is 8.64. The number of rotatable bonds is 12. The first kappa shape index (κ1) is 29.5. The van der Waals surface area contributed by atoms with Crippen molar-refractivity contribution in [2.24, 2.45) is 0 Å². The zero-order chi connectivity index (χ0) is 27.7. The molecular formula is C28H31Cl2N3O4S. The number of hydrogen-bond donors (Lipinski definition) is 1. The molecule has 10 heteroatoms. The molecule has 3 aromatic carbocycles. The van der Waals surface area contributed by atoms with Crippen LogP contribution in [0.3, 0.4) is 0 Å². The quantitative estimate of drug-likeness (QED) is 0.308. The molecule has 0 bridgehead atoms. The molecule has 0 aliphatic heterocycles. The van der Waals surface area contributed by atoms with Gasteiger partial charge in [-0.1, -0.05) is 79.5 Å². The number of nitrogens with one attached hydrogen (secondary N) is 1. The van der Waals surface area contributed by atoms with Crippen molar-refractivity contribution >= 4 is 50.7 Å². The van der Waals surface area contributed by atoms with Gasteiger partial charge in [-0.25, -0.2) is 8.42 Å². The standard InChI is InChI=1S/C28H31Cl2N3O4S/c1-3-18-31-28(35)25(4-2)32(19-21-14-16-22(29)17-15-21)27(34)20-33(26-13-9-8-12-24(26)30)38(36,37)23-10-6-5-7-11-23/h5-17,25H,3-4,18-20H2,1-2H3,(H,31,35). The normalized spacial score (nSPS) is 12.0. The van der Waals surface area contributed by atoms with Crippen LogP contribution in [0.1, 0.15) is 32.3 Å². The van der Waals surface area contributed by atoms with Crippen molar-refractivity contribution in [3.63, 3.8) is 0 Å². The summed E-state index contributed by atoms with van der Waals surface area (Å²) in [5.74, 6) is -0.843. The Labute approximate surface area is 234 Å². The van der Waals surface area contributed by atoms with Gasteiger partial charge in [0, 0.05) is 18.1 Å². The highest BCUT2D eigenvalue weighted by Gasteiger charge is 2.34. The van der Waals surface area contributed by atoms with E-state index in [0.717, 1.165) is 16.3 Å². The van der Waals surface area contributed by atoms with Crippen LogP contribution in [0.4, 0.5) is 5.69 Å². The van der Waals surface area contributed by atoms with Crippen molar-refractivity contribution in [2.45, 2.75) is 44.2 Å². The van der Waals surface area contributed by atoms with E-state index < -0.39 is 28.5 Å². The highest BCUT2D eigenvalue weighted by atomic mass is 35.5. The summed E-state index contributed by atoms with van der Waals surface area (Å²) in [4.78, 5) is 28.4. The number of carbonyl (C=O) groups is 2. The molecule has 0 aliphatic carbocycles. The van der Waals surface area contributed by atoms with Gasteiger partial charge in [0.15, 0.2) is 0 Å². The fourth-order valence-electron chi connectivity index (χ4n) is 3.96. The van der Waals surface area contributed by atoms with E-state index in [4.69, 9.17) is 23.2 Å². The van der Waals surface area contributed by atoms with Gasteiger partial charge >= 0.3 is 0 Å². The van der Waals surface area contributed by atoms with Gasteiger partial charge in [-0.3, -0.25) is 13.9 Å². The zero-order valence-corrected chi connectivity index (χ0v) is 23.6. The van der Waals surface area contributed by atoms with Crippen LogP contribution in [0.2, 0.25) is 10.0 Å². The van der Waals surface area contributed by atoms with Crippen molar-refractivity contribution in [1.29, 1.82) is 0 Å². The monoisotopic (exact) mass is 575 g/mol. The van der Waals surface area contributed by atoms with Crippen LogP contribution >= 0.6 is 23.2 Å². The Morgan fingerprint density at radius 3 is 2.13 bits per heavy atom. The van der Waals surface area contributed by atoms with Crippen LogP contribution < -0.4 is 9.62 Å². The van der Waals surface area contributed by atoms with E-state index in [-0.39, 0.29) is 28.1 Å². The van der Waals surface area contributed by atoms with Crippen LogP contribution in [0.15, 0.2) is 83.8 Å². The van der Waals surface area contributed by atoms with Gasteiger partial charge in [0.2, 0.25) is 11.8 Å². The zero-order valence-electron chi connectivity index (χ0n) is 21.3. The van der Waals surface area contributed by atoms with Crippen molar-refractivity contribution in [3.05, 3.63) is 94.5 Å². The van der Waals surface area contributed by atoms with E-state index in [0.29, 0.717) is 18.0 Å².